The molecule has 1 aromatic rings. The molecule has 2 amide bonds. The van der Waals surface area contributed by atoms with E-state index in [4.69, 9.17) is 16.2 Å². The first kappa shape index (κ1) is 17.2. The van der Waals surface area contributed by atoms with Gasteiger partial charge in [-0.05, 0) is 31.0 Å². The Bertz CT molecular complexity index is 724. The Kier molecular flexibility index (Phi) is 4.90. The maximum atomic E-state index is 12.7. The normalized spacial score (nSPS) is 16.9. The number of sulfonamides is 1. The molecule has 9 heteroatoms. The van der Waals surface area contributed by atoms with Crippen molar-refractivity contribution in [2.75, 3.05) is 20.2 Å². The van der Waals surface area contributed by atoms with Crippen LogP contribution in [0.2, 0.25) is 0 Å². The number of carbonyl (C=O) groups is 2. The number of primary amides is 2. The maximum Gasteiger partial charge on any atom is 0.252 e. The number of piperidine rings is 1. The molecule has 0 saturated carbocycles. The van der Waals surface area contributed by atoms with E-state index in [1.54, 1.807) is 0 Å². The SMILES string of the molecule is COc1ccc(S(=O)(=O)N2CCC(C(N)=O)CC2)cc1C(N)=O. The summed E-state index contributed by atoms with van der Waals surface area (Å²) in [6.45, 7) is 0.405. The van der Waals surface area contributed by atoms with Crippen molar-refractivity contribution in [1.29, 1.82) is 0 Å². The van der Waals surface area contributed by atoms with Crippen LogP contribution in [0.4, 0.5) is 0 Å². The Labute approximate surface area is 134 Å². The molecule has 126 valence electrons. The summed E-state index contributed by atoms with van der Waals surface area (Å²) in [4.78, 5) is 22.6. The number of ether oxygens (including phenoxy) is 1. The van der Waals surface area contributed by atoms with E-state index < -0.39 is 21.8 Å². The van der Waals surface area contributed by atoms with Crippen LogP contribution in [0.25, 0.3) is 0 Å². The number of hydrogen-bond donors (Lipinski definition) is 2. The number of methoxy groups -OCH3 is 1. The third kappa shape index (κ3) is 3.45. The molecule has 0 atom stereocenters. The van der Waals surface area contributed by atoms with Crippen LogP contribution in [0, 0.1) is 5.92 Å². The highest BCUT2D eigenvalue weighted by Crippen LogP contribution is 2.27. The van der Waals surface area contributed by atoms with Crippen LogP contribution in [0.5, 0.6) is 5.75 Å². The van der Waals surface area contributed by atoms with E-state index in [-0.39, 0.29) is 35.2 Å². The van der Waals surface area contributed by atoms with Gasteiger partial charge in [0.25, 0.3) is 5.91 Å². The van der Waals surface area contributed by atoms with Crippen molar-refractivity contribution in [3.63, 3.8) is 0 Å². The molecule has 0 aliphatic carbocycles. The Balaban J connectivity index is 2.29. The Morgan fingerprint density at radius 1 is 1.22 bits per heavy atom. The van der Waals surface area contributed by atoms with E-state index in [0.29, 0.717) is 12.8 Å². The molecular formula is C14H19N3O5S. The lowest BCUT2D eigenvalue weighted by molar-refractivity contribution is -0.122. The standard InChI is InChI=1S/C14H19N3O5S/c1-22-12-3-2-10(8-11(12)14(16)19)23(20,21)17-6-4-9(5-7-17)13(15)18/h2-3,8-9H,4-7H2,1H3,(H2,15,18)(H2,16,19). The number of nitrogens with zero attached hydrogens (tertiary/aromatic N) is 1. The highest BCUT2D eigenvalue weighted by atomic mass is 32.2. The van der Waals surface area contributed by atoms with Crippen LogP contribution in [-0.2, 0) is 14.8 Å². The molecule has 1 fully saturated rings. The molecule has 0 aromatic heterocycles. The zero-order valence-corrected chi connectivity index (χ0v) is 13.5. The van der Waals surface area contributed by atoms with Crippen molar-refractivity contribution in [1.82, 2.24) is 4.31 Å². The Morgan fingerprint density at radius 2 is 1.83 bits per heavy atom. The Morgan fingerprint density at radius 3 is 2.30 bits per heavy atom. The summed E-state index contributed by atoms with van der Waals surface area (Å²) >= 11 is 0. The monoisotopic (exact) mass is 341 g/mol. The number of rotatable bonds is 5. The summed E-state index contributed by atoms with van der Waals surface area (Å²) < 4.78 is 31.6. The molecule has 1 aliphatic heterocycles. The van der Waals surface area contributed by atoms with Crippen LogP contribution in [0.3, 0.4) is 0 Å². The predicted molar refractivity (Wildman–Crippen MR) is 82.2 cm³/mol. The first-order valence-corrected chi connectivity index (χ1v) is 8.48. The van der Waals surface area contributed by atoms with Crippen LogP contribution in [0.1, 0.15) is 23.2 Å². The van der Waals surface area contributed by atoms with Crippen molar-refractivity contribution in [3.8, 4) is 5.75 Å². The van der Waals surface area contributed by atoms with Crippen LogP contribution < -0.4 is 16.2 Å². The van der Waals surface area contributed by atoms with E-state index >= 15 is 0 Å². The van der Waals surface area contributed by atoms with Gasteiger partial charge in [0.05, 0.1) is 17.6 Å². The second-order valence-electron chi connectivity index (χ2n) is 5.31. The lowest BCUT2D eigenvalue weighted by Gasteiger charge is -2.29. The van der Waals surface area contributed by atoms with Crippen molar-refractivity contribution in [2.45, 2.75) is 17.7 Å². The van der Waals surface area contributed by atoms with Gasteiger partial charge in [0.2, 0.25) is 15.9 Å². The van der Waals surface area contributed by atoms with E-state index in [1.165, 1.54) is 29.6 Å². The van der Waals surface area contributed by atoms with Gasteiger partial charge in [-0.25, -0.2) is 8.42 Å². The zero-order chi connectivity index (χ0) is 17.2. The fourth-order valence-corrected chi connectivity index (χ4v) is 4.07. The minimum absolute atomic E-state index is 0.000553. The Hall–Kier alpha value is -2.13. The van der Waals surface area contributed by atoms with Gasteiger partial charge in [0.15, 0.2) is 0 Å². The average Bonchev–Trinajstić information content (AvgIpc) is 2.54. The molecule has 0 unspecified atom stereocenters. The van der Waals surface area contributed by atoms with Gasteiger partial charge in [0, 0.05) is 19.0 Å². The molecule has 1 aliphatic rings. The molecule has 1 aromatic carbocycles. The van der Waals surface area contributed by atoms with Gasteiger partial charge < -0.3 is 16.2 Å². The van der Waals surface area contributed by atoms with Crippen molar-refractivity contribution >= 4 is 21.8 Å². The topological polar surface area (TPSA) is 133 Å². The third-order valence-electron chi connectivity index (χ3n) is 3.93. The summed E-state index contributed by atoms with van der Waals surface area (Å²) in [5.41, 5.74) is 10.5. The fraction of sp³-hybridized carbons (Fsp3) is 0.429. The largest absolute Gasteiger partial charge is 0.496 e. The van der Waals surface area contributed by atoms with Gasteiger partial charge in [-0.1, -0.05) is 0 Å². The summed E-state index contributed by atoms with van der Waals surface area (Å²) in [6, 6.07) is 3.96. The summed E-state index contributed by atoms with van der Waals surface area (Å²) in [5, 5.41) is 0. The third-order valence-corrected chi connectivity index (χ3v) is 5.83. The fourth-order valence-electron chi connectivity index (χ4n) is 2.57. The van der Waals surface area contributed by atoms with Gasteiger partial charge in [-0.3, -0.25) is 9.59 Å². The van der Waals surface area contributed by atoms with E-state index in [1.807, 2.05) is 0 Å². The van der Waals surface area contributed by atoms with Crippen molar-refractivity contribution in [2.24, 2.45) is 17.4 Å². The van der Waals surface area contributed by atoms with E-state index in [0.717, 1.165) is 0 Å². The lowest BCUT2D eigenvalue weighted by Crippen LogP contribution is -2.41. The van der Waals surface area contributed by atoms with Crippen molar-refractivity contribution in [3.05, 3.63) is 23.8 Å². The highest BCUT2D eigenvalue weighted by molar-refractivity contribution is 7.89. The lowest BCUT2D eigenvalue weighted by atomic mass is 9.98. The first-order valence-electron chi connectivity index (χ1n) is 7.04. The minimum atomic E-state index is -3.77. The molecule has 4 N–H and O–H groups in total. The maximum absolute atomic E-state index is 12.7. The minimum Gasteiger partial charge on any atom is -0.496 e. The molecule has 0 radical (unpaired) electrons. The van der Waals surface area contributed by atoms with Gasteiger partial charge in [-0.15, -0.1) is 0 Å². The molecule has 1 saturated heterocycles. The van der Waals surface area contributed by atoms with Crippen LogP contribution in [-0.4, -0.2) is 44.7 Å². The summed E-state index contributed by atoms with van der Waals surface area (Å²) in [5.74, 6) is -1.28. The quantitative estimate of drug-likeness (QED) is 0.757. The first-order chi connectivity index (χ1) is 10.8. The van der Waals surface area contributed by atoms with Crippen LogP contribution in [0.15, 0.2) is 23.1 Å². The molecular weight excluding hydrogens is 322 g/mol. The zero-order valence-electron chi connectivity index (χ0n) is 12.7. The highest BCUT2D eigenvalue weighted by Gasteiger charge is 2.31. The van der Waals surface area contributed by atoms with Gasteiger partial charge in [-0.2, -0.15) is 4.31 Å². The number of hydrogen-bond acceptors (Lipinski definition) is 5. The van der Waals surface area contributed by atoms with Gasteiger partial charge >= 0.3 is 0 Å². The number of carbonyl (C=O) groups excluding carboxylic acids is 2. The molecule has 0 spiro atoms. The number of benzene rings is 1. The summed E-state index contributed by atoms with van der Waals surface area (Å²) in [6.07, 6.45) is 0.765. The smallest absolute Gasteiger partial charge is 0.252 e. The molecule has 23 heavy (non-hydrogen) atoms. The van der Waals surface area contributed by atoms with Gasteiger partial charge in [0.1, 0.15) is 5.75 Å². The van der Waals surface area contributed by atoms with Crippen LogP contribution >= 0.6 is 0 Å². The summed E-state index contributed by atoms with van der Waals surface area (Å²) in [7, 11) is -2.41. The molecule has 2 rings (SSSR count). The average molecular weight is 341 g/mol. The molecule has 1 heterocycles. The predicted octanol–water partition coefficient (Wildman–Crippen LogP) is -0.320. The second kappa shape index (κ2) is 6.55. The van der Waals surface area contributed by atoms with E-state index in [2.05, 4.69) is 0 Å². The van der Waals surface area contributed by atoms with E-state index in [9.17, 15) is 18.0 Å². The molecule has 0 bridgehead atoms. The molecule has 8 nitrogen and oxygen atoms in total. The second-order valence-corrected chi connectivity index (χ2v) is 7.25. The van der Waals surface area contributed by atoms with Crippen molar-refractivity contribution < 1.29 is 22.7 Å². The number of amides is 2. The number of nitrogens with two attached hydrogens (primary N) is 2.